The van der Waals surface area contributed by atoms with Crippen LogP contribution in [0.3, 0.4) is 0 Å². The molecule has 0 unspecified atom stereocenters. The van der Waals surface area contributed by atoms with E-state index in [0.717, 1.165) is 19.5 Å². The maximum atomic E-state index is 12.3. The number of sulfone groups is 1. The lowest BCUT2D eigenvalue weighted by Gasteiger charge is -2.15. The number of aliphatic imine (C=N–C) groups is 1. The van der Waals surface area contributed by atoms with Crippen LogP contribution in [0.4, 0.5) is 0 Å². The molecule has 0 bridgehead atoms. The van der Waals surface area contributed by atoms with Crippen LogP contribution in [-0.2, 0) is 9.84 Å². The van der Waals surface area contributed by atoms with Gasteiger partial charge < -0.3 is 10.6 Å². The lowest BCUT2D eigenvalue weighted by Crippen LogP contribution is -2.38. The predicted molar refractivity (Wildman–Crippen MR) is 119 cm³/mol. The van der Waals surface area contributed by atoms with Gasteiger partial charge >= 0.3 is 0 Å². The third-order valence-corrected chi connectivity index (χ3v) is 5.91. The second-order valence-electron chi connectivity index (χ2n) is 6.18. The minimum atomic E-state index is -3.28. The Labute approximate surface area is 174 Å². The van der Waals surface area contributed by atoms with Gasteiger partial charge in [0.25, 0.3) is 0 Å². The van der Waals surface area contributed by atoms with Crippen molar-refractivity contribution in [3.63, 3.8) is 0 Å². The molecule has 0 aromatic heterocycles. The summed E-state index contributed by atoms with van der Waals surface area (Å²) >= 11 is 0. The van der Waals surface area contributed by atoms with Crippen LogP contribution < -0.4 is 10.6 Å². The van der Waals surface area contributed by atoms with Crippen molar-refractivity contribution in [1.82, 2.24) is 10.6 Å². The summed E-state index contributed by atoms with van der Waals surface area (Å²) in [6.07, 6.45) is 8.36. The summed E-state index contributed by atoms with van der Waals surface area (Å²) in [4.78, 5) is 4.76. The molecule has 0 amide bonds. The van der Waals surface area contributed by atoms with E-state index in [2.05, 4.69) is 21.7 Å². The minimum Gasteiger partial charge on any atom is -0.357 e. The van der Waals surface area contributed by atoms with Gasteiger partial charge in [0.05, 0.1) is 17.2 Å². The molecule has 1 aliphatic rings. The van der Waals surface area contributed by atoms with Crippen LogP contribution in [0.2, 0.25) is 0 Å². The Kier molecular flexibility index (Phi) is 10.9. The number of allylic oxidation sites excluding steroid dienone is 1. The summed E-state index contributed by atoms with van der Waals surface area (Å²) < 4.78 is 24.5. The molecule has 1 aromatic carbocycles. The molecule has 5 nitrogen and oxygen atoms in total. The molecule has 0 spiro atoms. The van der Waals surface area contributed by atoms with Gasteiger partial charge in [-0.15, -0.1) is 24.0 Å². The number of rotatable bonds is 8. The fourth-order valence-corrected chi connectivity index (χ4v) is 3.98. The molecule has 0 saturated carbocycles. The van der Waals surface area contributed by atoms with Gasteiger partial charge in [-0.25, -0.2) is 8.42 Å². The molecule has 7 heteroatoms. The first kappa shape index (κ1) is 23.0. The molecule has 0 aliphatic heterocycles. The van der Waals surface area contributed by atoms with Crippen LogP contribution in [0.15, 0.2) is 51.9 Å². The van der Waals surface area contributed by atoms with Crippen LogP contribution in [0.25, 0.3) is 0 Å². The topological polar surface area (TPSA) is 70.6 Å². The first-order valence-corrected chi connectivity index (χ1v) is 10.7. The highest BCUT2D eigenvalue weighted by molar-refractivity contribution is 14.0. The molecule has 2 N–H and O–H groups in total. The maximum absolute atomic E-state index is 12.3. The second-order valence-corrected chi connectivity index (χ2v) is 8.29. The van der Waals surface area contributed by atoms with Crippen LogP contribution in [-0.4, -0.2) is 39.8 Å². The fraction of sp³-hybridized carbons (Fsp3) is 0.526. The summed E-state index contributed by atoms with van der Waals surface area (Å²) in [6.45, 7) is 3.82. The zero-order valence-corrected chi connectivity index (χ0v) is 18.6. The summed E-state index contributed by atoms with van der Waals surface area (Å²) in [7, 11) is -3.28. The Morgan fingerprint density at radius 2 is 1.92 bits per heavy atom. The predicted octanol–water partition coefficient (Wildman–Crippen LogP) is 3.52. The van der Waals surface area contributed by atoms with E-state index in [9.17, 15) is 8.42 Å². The fourth-order valence-electron chi connectivity index (χ4n) is 2.84. The number of nitrogens with zero attached hydrogens (tertiary/aromatic N) is 1. The van der Waals surface area contributed by atoms with Gasteiger partial charge in [0, 0.05) is 13.1 Å². The monoisotopic (exact) mass is 491 g/mol. The molecule has 0 atom stereocenters. The highest BCUT2D eigenvalue weighted by atomic mass is 127. The van der Waals surface area contributed by atoms with E-state index < -0.39 is 9.84 Å². The van der Waals surface area contributed by atoms with Crippen molar-refractivity contribution in [3.05, 3.63) is 42.0 Å². The van der Waals surface area contributed by atoms with Crippen molar-refractivity contribution in [3.8, 4) is 0 Å². The Morgan fingerprint density at radius 1 is 1.15 bits per heavy atom. The molecule has 1 aliphatic carbocycles. The van der Waals surface area contributed by atoms with E-state index in [0.29, 0.717) is 10.9 Å². The first-order valence-electron chi connectivity index (χ1n) is 9.09. The van der Waals surface area contributed by atoms with E-state index in [1.54, 1.807) is 24.3 Å². The van der Waals surface area contributed by atoms with E-state index in [1.807, 2.05) is 13.0 Å². The average Bonchev–Trinajstić information content (AvgIpc) is 2.63. The van der Waals surface area contributed by atoms with Crippen molar-refractivity contribution in [1.29, 1.82) is 0 Å². The van der Waals surface area contributed by atoms with E-state index in [-0.39, 0.29) is 36.3 Å². The highest BCUT2D eigenvalue weighted by Crippen LogP contribution is 2.19. The average molecular weight is 491 g/mol. The molecule has 26 heavy (non-hydrogen) atoms. The van der Waals surface area contributed by atoms with Crippen molar-refractivity contribution in [2.24, 2.45) is 4.99 Å². The van der Waals surface area contributed by atoms with Gasteiger partial charge in [0.15, 0.2) is 15.8 Å². The zero-order valence-electron chi connectivity index (χ0n) is 15.4. The van der Waals surface area contributed by atoms with Crippen LogP contribution in [0.5, 0.6) is 0 Å². The number of hydrogen-bond donors (Lipinski definition) is 2. The molecule has 0 radical (unpaired) electrons. The third kappa shape index (κ3) is 8.07. The van der Waals surface area contributed by atoms with Crippen molar-refractivity contribution >= 4 is 39.8 Å². The maximum Gasteiger partial charge on any atom is 0.191 e. The Bertz CT molecular complexity index is 688. The van der Waals surface area contributed by atoms with Gasteiger partial charge in [0.2, 0.25) is 0 Å². The van der Waals surface area contributed by atoms with Crippen molar-refractivity contribution in [2.75, 3.05) is 25.4 Å². The first-order chi connectivity index (χ1) is 12.1. The Balaban J connectivity index is 0.00000338. The minimum absolute atomic E-state index is 0. The number of guanidine groups is 1. The second kappa shape index (κ2) is 12.3. The largest absolute Gasteiger partial charge is 0.357 e. The molecule has 1 aromatic rings. The van der Waals surface area contributed by atoms with E-state index in [1.165, 1.54) is 31.3 Å². The summed E-state index contributed by atoms with van der Waals surface area (Å²) in [5, 5.41) is 6.47. The van der Waals surface area contributed by atoms with E-state index in [4.69, 9.17) is 0 Å². The standard InChI is InChI=1S/C19H29N3O2S.HI/c1-2-20-19(21-14-13-17-9-5-3-6-10-17)22-15-16-25(23,24)18-11-7-4-8-12-18;/h4,7-9,11-12H,2-3,5-6,10,13-16H2,1H3,(H2,20,21,22);1H. The molecular formula is C19H30IN3O2S. The third-order valence-electron chi connectivity index (χ3n) is 4.20. The Morgan fingerprint density at radius 3 is 2.58 bits per heavy atom. The van der Waals surface area contributed by atoms with Gasteiger partial charge in [-0.3, -0.25) is 4.99 Å². The molecule has 0 fully saturated rings. The lowest BCUT2D eigenvalue weighted by atomic mass is 9.97. The molecule has 146 valence electrons. The molecule has 2 rings (SSSR count). The van der Waals surface area contributed by atoms with Gasteiger partial charge in [-0.2, -0.15) is 0 Å². The van der Waals surface area contributed by atoms with Crippen LogP contribution in [0.1, 0.15) is 39.0 Å². The number of halogens is 1. The lowest BCUT2D eigenvalue weighted by molar-refractivity contribution is 0.596. The van der Waals surface area contributed by atoms with Crippen molar-refractivity contribution < 1.29 is 8.42 Å². The van der Waals surface area contributed by atoms with Crippen LogP contribution >= 0.6 is 24.0 Å². The summed E-state index contributed by atoms with van der Waals surface area (Å²) in [6, 6.07) is 8.54. The number of nitrogens with one attached hydrogen (secondary N) is 2. The highest BCUT2D eigenvalue weighted by Gasteiger charge is 2.13. The zero-order chi connectivity index (χ0) is 18.0. The van der Waals surface area contributed by atoms with Crippen LogP contribution in [0, 0.1) is 0 Å². The Hall–Kier alpha value is -1.09. The normalized spacial score (nSPS) is 15.0. The quantitative estimate of drug-likeness (QED) is 0.253. The van der Waals surface area contributed by atoms with Gasteiger partial charge in [0.1, 0.15) is 0 Å². The number of hydrogen-bond acceptors (Lipinski definition) is 3. The molecule has 0 saturated heterocycles. The van der Waals surface area contributed by atoms with Gasteiger partial charge in [-0.1, -0.05) is 29.8 Å². The van der Waals surface area contributed by atoms with E-state index >= 15 is 0 Å². The SMILES string of the molecule is CCNC(=NCCS(=O)(=O)c1ccccc1)NCCC1=CCCCC1.I. The van der Waals surface area contributed by atoms with Crippen molar-refractivity contribution in [2.45, 2.75) is 43.9 Å². The van der Waals surface area contributed by atoms with Gasteiger partial charge in [-0.05, 0) is 51.2 Å². The smallest absolute Gasteiger partial charge is 0.191 e. The number of benzene rings is 1. The summed E-state index contributed by atoms with van der Waals surface area (Å²) in [5.41, 5.74) is 1.52. The summed E-state index contributed by atoms with van der Waals surface area (Å²) in [5.74, 6) is 0.695. The molecule has 0 heterocycles. The molecular weight excluding hydrogens is 461 g/mol.